The van der Waals surface area contributed by atoms with Crippen molar-refractivity contribution < 1.29 is 4.74 Å². The summed E-state index contributed by atoms with van der Waals surface area (Å²) in [5, 5.41) is 0. The molecule has 0 saturated carbocycles. The van der Waals surface area contributed by atoms with E-state index in [4.69, 9.17) is 4.74 Å². The molecule has 1 unspecified atom stereocenters. The van der Waals surface area contributed by atoms with Crippen LogP contribution < -0.4 is 0 Å². The molecule has 1 aliphatic rings. The van der Waals surface area contributed by atoms with Crippen LogP contribution in [-0.4, -0.2) is 12.2 Å². The van der Waals surface area contributed by atoms with E-state index in [0.29, 0.717) is 11.8 Å². The average molecular weight is 315 g/mol. The van der Waals surface area contributed by atoms with Gasteiger partial charge >= 0.3 is 0 Å². The van der Waals surface area contributed by atoms with E-state index in [0.717, 1.165) is 6.61 Å². The van der Waals surface area contributed by atoms with Gasteiger partial charge in [-0.2, -0.15) is 0 Å². The van der Waals surface area contributed by atoms with Crippen LogP contribution in [0.4, 0.5) is 0 Å². The van der Waals surface area contributed by atoms with Crippen molar-refractivity contribution in [3.8, 4) is 0 Å². The lowest BCUT2D eigenvalue weighted by molar-refractivity contribution is -0.00472. The van der Waals surface area contributed by atoms with Gasteiger partial charge in [-0.25, -0.2) is 0 Å². The summed E-state index contributed by atoms with van der Waals surface area (Å²) in [6.45, 7) is 11.9. The lowest BCUT2D eigenvalue weighted by atomic mass is 9.90. The van der Waals surface area contributed by atoms with Crippen molar-refractivity contribution in [1.82, 2.24) is 0 Å². The number of hydrogen-bond acceptors (Lipinski definition) is 1. The molecule has 0 N–H and O–H groups in total. The first-order valence-corrected chi connectivity index (χ1v) is 9.32. The van der Waals surface area contributed by atoms with Gasteiger partial charge < -0.3 is 4.74 Å². The molecule has 23 heavy (non-hydrogen) atoms. The van der Waals surface area contributed by atoms with Crippen LogP contribution in [0.25, 0.3) is 5.57 Å². The summed E-state index contributed by atoms with van der Waals surface area (Å²) < 4.78 is 5.78. The molecular formula is C22H34O. The molecule has 0 spiro atoms. The van der Waals surface area contributed by atoms with Gasteiger partial charge in [-0.3, -0.25) is 0 Å². The highest BCUT2D eigenvalue weighted by Gasteiger charge is 2.24. The molecule has 2 rings (SSSR count). The minimum atomic E-state index is 0.00419. The summed E-state index contributed by atoms with van der Waals surface area (Å²) in [5.74, 6) is 1.30. The maximum absolute atomic E-state index is 5.78. The van der Waals surface area contributed by atoms with Crippen molar-refractivity contribution in [2.45, 2.75) is 78.2 Å². The lowest BCUT2D eigenvalue weighted by Crippen LogP contribution is -2.19. The molecule has 0 radical (unpaired) electrons. The summed E-state index contributed by atoms with van der Waals surface area (Å²) in [6.07, 6.45) is 8.80. The van der Waals surface area contributed by atoms with Crippen molar-refractivity contribution in [2.24, 2.45) is 5.92 Å². The Hall–Kier alpha value is -1.08. The van der Waals surface area contributed by atoms with Gasteiger partial charge in [-0.1, -0.05) is 57.0 Å². The minimum Gasteiger partial charge on any atom is -0.376 e. The monoisotopic (exact) mass is 314 g/mol. The fourth-order valence-corrected chi connectivity index (χ4v) is 3.40. The number of unbranched alkanes of at least 4 members (excludes halogenated alkanes) is 3. The maximum Gasteiger partial charge on any atom is 0.0598 e. The Labute approximate surface area is 143 Å². The summed E-state index contributed by atoms with van der Waals surface area (Å²) in [4.78, 5) is 0. The van der Waals surface area contributed by atoms with Gasteiger partial charge in [0.05, 0.1) is 5.60 Å². The fraction of sp³-hybridized carbons (Fsp3) is 0.636. The van der Waals surface area contributed by atoms with Crippen LogP contribution in [0.5, 0.6) is 0 Å². The largest absolute Gasteiger partial charge is 0.376 e. The van der Waals surface area contributed by atoms with Crippen molar-refractivity contribution >= 4 is 5.57 Å². The topological polar surface area (TPSA) is 9.23 Å². The first kappa shape index (κ1) is 18.3. The third-order valence-corrected chi connectivity index (χ3v) is 4.64. The summed E-state index contributed by atoms with van der Waals surface area (Å²) in [6, 6.07) is 8.98. The highest BCUT2D eigenvalue weighted by Crippen LogP contribution is 2.41. The smallest absolute Gasteiger partial charge is 0.0598 e. The number of rotatable bonds is 8. The molecule has 1 heteroatoms. The standard InChI is InChI=1S/C22H34O/c1-17(2)21-16-18(19-13-9-10-14-20(19)21)12-8-6-7-11-15-23-22(3,4)5/h9-10,13-14,16-17,21H,6-8,11-12,15H2,1-5H3. The Kier molecular flexibility index (Phi) is 6.47. The fourth-order valence-electron chi connectivity index (χ4n) is 3.40. The molecule has 0 heterocycles. The predicted molar refractivity (Wildman–Crippen MR) is 101 cm³/mol. The van der Waals surface area contributed by atoms with Crippen molar-refractivity contribution in [1.29, 1.82) is 0 Å². The minimum absolute atomic E-state index is 0.00419. The Morgan fingerprint density at radius 2 is 1.70 bits per heavy atom. The predicted octanol–water partition coefficient (Wildman–Crippen LogP) is 6.59. The molecule has 1 atom stereocenters. The molecule has 1 nitrogen and oxygen atoms in total. The normalized spacial score (nSPS) is 17.5. The summed E-state index contributed by atoms with van der Waals surface area (Å²) in [7, 11) is 0. The third kappa shape index (κ3) is 5.49. The highest BCUT2D eigenvalue weighted by molar-refractivity contribution is 5.74. The molecule has 0 aliphatic heterocycles. The van der Waals surface area contributed by atoms with Crippen LogP contribution in [0.15, 0.2) is 30.3 Å². The molecule has 0 fully saturated rings. The molecule has 0 amide bonds. The maximum atomic E-state index is 5.78. The zero-order chi connectivity index (χ0) is 16.9. The van der Waals surface area contributed by atoms with Gasteiger partial charge in [0.25, 0.3) is 0 Å². The zero-order valence-corrected chi connectivity index (χ0v) is 15.7. The molecule has 128 valence electrons. The number of allylic oxidation sites excluding steroid dienone is 2. The van der Waals surface area contributed by atoms with Crippen LogP contribution in [0.1, 0.15) is 83.8 Å². The summed E-state index contributed by atoms with van der Waals surface area (Å²) in [5.41, 5.74) is 4.62. The van der Waals surface area contributed by atoms with E-state index >= 15 is 0 Å². The first-order valence-electron chi connectivity index (χ1n) is 9.32. The molecule has 0 aromatic heterocycles. The van der Waals surface area contributed by atoms with Gasteiger partial charge in [0, 0.05) is 12.5 Å². The van der Waals surface area contributed by atoms with Crippen molar-refractivity contribution in [3.63, 3.8) is 0 Å². The highest BCUT2D eigenvalue weighted by atomic mass is 16.5. The quantitative estimate of drug-likeness (QED) is 0.492. The van der Waals surface area contributed by atoms with Gasteiger partial charge in [0.1, 0.15) is 0 Å². The average Bonchev–Trinajstić information content (AvgIpc) is 2.84. The van der Waals surface area contributed by atoms with Crippen LogP contribution in [0.3, 0.4) is 0 Å². The van der Waals surface area contributed by atoms with E-state index in [1.807, 2.05) is 0 Å². The third-order valence-electron chi connectivity index (χ3n) is 4.64. The second-order valence-corrected chi connectivity index (χ2v) is 8.17. The molecule has 0 bridgehead atoms. The van der Waals surface area contributed by atoms with E-state index in [1.54, 1.807) is 5.57 Å². The van der Waals surface area contributed by atoms with E-state index in [-0.39, 0.29) is 5.60 Å². The molecular weight excluding hydrogens is 280 g/mol. The van der Waals surface area contributed by atoms with Crippen molar-refractivity contribution in [2.75, 3.05) is 6.61 Å². The van der Waals surface area contributed by atoms with Crippen LogP contribution in [0.2, 0.25) is 0 Å². The number of hydrogen-bond donors (Lipinski definition) is 0. The Morgan fingerprint density at radius 3 is 2.39 bits per heavy atom. The van der Waals surface area contributed by atoms with Crippen LogP contribution >= 0.6 is 0 Å². The number of benzene rings is 1. The van der Waals surface area contributed by atoms with Crippen LogP contribution in [0, 0.1) is 5.92 Å². The molecule has 1 aliphatic carbocycles. The second-order valence-electron chi connectivity index (χ2n) is 8.17. The number of fused-ring (bicyclic) bond motifs is 1. The number of ether oxygens (including phenoxy) is 1. The Bertz CT molecular complexity index is 519. The second kappa shape index (κ2) is 8.15. The van der Waals surface area contributed by atoms with Crippen molar-refractivity contribution in [3.05, 3.63) is 41.5 Å². The zero-order valence-electron chi connectivity index (χ0n) is 15.7. The molecule has 1 aromatic rings. The van der Waals surface area contributed by atoms with Gasteiger partial charge in [-0.05, 0) is 62.7 Å². The van der Waals surface area contributed by atoms with Gasteiger partial charge in [0.2, 0.25) is 0 Å². The lowest BCUT2D eigenvalue weighted by Gasteiger charge is -2.19. The van der Waals surface area contributed by atoms with Crippen LogP contribution in [-0.2, 0) is 4.74 Å². The first-order chi connectivity index (χ1) is 10.9. The molecule has 0 saturated heterocycles. The van der Waals surface area contributed by atoms with Gasteiger partial charge in [-0.15, -0.1) is 0 Å². The van der Waals surface area contributed by atoms with Gasteiger partial charge in [0.15, 0.2) is 0 Å². The van der Waals surface area contributed by atoms with E-state index in [1.165, 1.54) is 43.2 Å². The Morgan fingerprint density at radius 1 is 1.00 bits per heavy atom. The Balaban J connectivity index is 1.75. The molecule has 1 aromatic carbocycles. The van der Waals surface area contributed by atoms with E-state index in [9.17, 15) is 0 Å². The van der Waals surface area contributed by atoms with E-state index < -0.39 is 0 Å². The van der Waals surface area contributed by atoms with E-state index in [2.05, 4.69) is 65.0 Å². The summed E-state index contributed by atoms with van der Waals surface area (Å²) >= 11 is 0. The SMILES string of the molecule is CC(C)C1C=C(CCCCCCOC(C)(C)C)c2ccccc21.